The third-order valence-corrected chi connectivity index (χ3v) is 2.22. The summed E-state index contributed by atoms with van der Waals surface area (Å²) >= 11 is 0. The largest absolute Gasteiger partial charge is 0.407 e. The quantitative estimate of drug-likeness (QED) is 0.695. The molecule has 16 heavy (non-hydrogen) atoms. The Bertz CT molecular complexity index is 227. The van der Waals surface area contributed by atoms with Crippen molar-refractivity contribution in [3.8, 4) is 0 Å². The summed E-state index contributed by atoms with van der Waals surface area (Å²) in [4.78, 5) is 11.0. The van der Waals surface area contributed by atoms with Crippen LogP contribution in [0.3, 0.4) is 0 Å². The fourth-order valence-corrected chi connectivity index (χ4v) is 1.16. The van der Waals surface area contributed by atoms with E-state index in [9.17, 15) is 31.1 Å². The van der Waals surface area contributed by atoms with Gasteiger partial charge < -0.3 is 0 Å². The summed E-state index contributed by atoms with van der Waals surface area (Å²) in [5.41, 5.74) is 0. The highest BCUT2D eigenvalue weighted by molar-refractivity contribution is 5.82. The maximum atomic E-state index is 12.1. The number of hydrogen-bond donors (Lipinski definition) is 0. The van der Waals surface area contributed by atoms with Gasteiger partial charge in [-0.05, 0) is 5.92 Å². The highest BCUT2D eigenvalue weighted by Crippen LogP contribution is 2.40. The standard InChI is InChI=1S/C9H12F6O/c1-3-5(2)4-6(16)7(8(10,11)12)9(13,14)15/h5,7H,3-4H2,1-2H3. The molecule has 0 amide bonds. The van der Waals surface area contributed by atoms with Crippen molar-refractivity contribution >= 4 is 5.78 Å². The second kappa shape index (κ2) is 5.05. The molecular weight excluding hydrogens is 238 g/mol. The Hall–Kier alpha value is -0.750. The molecule has 0 saturated carbocycles. The fourth-order valence-electron chi connectivity index (χ4n) is 1.16. The minimum atomic E-state index is -5.57. The van der Waals surface area contributed by atoms with Crippen LogP contribution in [0.5, 0.6) is 0 Å². The number of carbonyl (C=O) groups excluding carboxylic acids is 1. The van der Waals surface area contributed by atoms with Crippen LogP contribution in [-0.2, 0) is 4.79 Å². The predicted molar refractivity (Wildman–Crippen MR) is 44.7 cm³/mol. The second-order valence-electron chi connectivity index (χ2n) is 3.70. The van der Waals surface area contributed by atoms with E-state index in [1.54, 1.807) is 6.92 Å². The number of hydrogen-bond acceptors (Lipinski definition) is 1. The van der Waals surface area contributed by atoms with E-state index in [4.69, 9.17) is 0 Å². The topological polar surface area (TPSA) is 17.1 Å². The molecule has 1 unspecified atom stereocenters. The lowest BCUT2D eigenvalue weighted by atomic mass is 9.93. The first-order valence-electron chi connectivity index (χ1n) is 4.66. The summed E-state index contributed by atoms with van der Waals surface area (Å²) < 4.78 is 72.5. The molecular formula is C9H12F6O. The molecule has 0 aliphatic rings. The highest BCUT2D eigenvalue weighted by atomic mass is 19.4. The molecule has 0 bridgehead atoms. The van der Waals surface area contributed by atoms with Crippen molar-refractivity contribution in [1.29, 1.82) is 0 Å². The van der Waals surface area contributed by atoms with Gasteiger partial charge in [0.05, 0.1) is 0 Å². The van der Waals surface area contributed by atoms with E-state index in [0.29, 0.717) is 6.42 Å². The molecule has 0 N–H and O–H groups in total. The molecule has 0 aliphatic carbocycles. The van der Waals surface area contributed by atoms with Gasteiger partial charge >= 0.3 is 12.4 Å². The van der Waals surface area contributed by atoms with Crippen LogP contribution in [0.15, 0.2) is 0 Å². The van der Waals surface area contributed by atoms with Crippen molar-refractivity contribution in [3.05, 3.63) is 0 Å². The summed E-state index contributed by atoms with van der Waals surface area (Å²) in [6.45, 7) is 3.02. The smallest absolute Gasteiger partial charge is 0.299 e. The van der Waals surface area contributed by atoms with Gasteiger partial charge in [-0.25, -0.2) is 0 Å². The number of Topliss-reactive ketones (excluding diaryl/α,β-unsaturated/α-hetero) is 1. The molecule has 0 heterocycles. The molecule has 0 rings (SSSR count). The minimum absolute atomic E-state index is 0.355. The summed E-state index contributed by atoms with van der Waals surface area (Å²) in [7, 11) is 0. The molecule has 1 atom stereocenters. The Kier molecular flexibility index (Phi) is 4.82. The number of ketones is 1. The van der Waals surface area contributed by atoms with Gasteiger partial charge in [0, 0.05) is 6.42 Å². The van der Waals surface area contributed by atoms with E-state index in [1.165, 1.54) is 6.92 Å². The van der Waals surface area contributed by atoms with Crippen molar-refractivity contribution < 1.29 is 31.1 Å². The van der Waals surface area contributed by atoms with Crippen LogP contribution in [0.25, 0.3) is 0 Å². The molecule has 96 valence electrons. The third-order valence-electron chi connectivity index (χ3n) is 2.22. The van der Waals surface area contributed by atoms with Crippen molar-refractivity contribution in [1.82, 2.24) is 0 Å². The zero-order valence-electron chi connectivity index (χ0n) is 8.74. The Morgan fingerprint density at radius 3 is 1.69 bits per heavy atom. The number of alkyl halides is 6. The van der Waals surface area contributed by atoms with E-state index in [0.717, 1.165) is 0 Å². The molecule has 0 aromatic heterocycles. The molecule has 1 nitrogen and oxygen atoms in total. The van der Waals surface area contributed by atoms with E-state index in [2.05, 4.69) is 0 Å². The maximum absolute atomic E-state index is 12.1. The fraction of sp³-hybridized carbons (Fsp3) is 0.889. The van der Waals surface area contributed by atoms with E-state index >= 15 is 0 Å². The van der Waals surface area contributed by atoms with Crippen molar-refractivity contribution in [3.63, 3.8) is 0 Å². The molecule has 0 aliphatic heterocycles. The minimum Gasteiger partial charge on any atom is -0.299 e. The summed E-state index contributed by atoms with van der Waals surface area (Å²) in [5, 5.41) is 0. The Balaban J connectivity index is 4.87. The van der Waals surface area contributed by atoms with E-state index < -0.39 is 36.4 Å². The van der Waals surface area contributed by atoms with Gasteiger partial charge in [-0.1, -0.05) is 20.3 Å². The highest BCUT2D eigenvalue weighted by Gasteiger charge is 2.60. The normalized spacial score (nSPS) is 15.3. The second-order valence-corrected chi connectivity index (χ2v) is 3.70. The van der Waals surface area contributed by atoms with Crippen LogP contribution < -0.4 is 0 Å². The molecule has 0 aromatic rings. The van der Waals surface area contributed by atoms with Gasteiger partial charge in [0.1, 0.15) is 0 Å². The van der Waals surface area contributed by atoms with Gasteiger partial charge in [0.15, 0.2) is 5.78 Å². The molecule has 0 aromatic carbocycles. The number of halogens is 6. The monoisotopic (exact) mass is 250 g/mol. The van der Waals surface area contributed by atoms with Gasteiger partial charge in [0.2, 0.25) is 5.92 Å². The predicted octanol–water partition coefficient (Wildman–Crippen LogP) is 3.73. The molecule has 0 fully saturated rings. The van der Waals surface area contributed by atoms with Crippen molar-refractivity contribution in [2.75, 3.05) is 0 Å². The van der Waals surface area contributed by atoms with Crippen molar-refractivity contribution in [2.45, 2.75) is 39.0 Å². The summed E-state index contributed by atoms with van der Waals surface area (Å²) in [5.74, 6) is -6.15. The summed E-state index contributed by atoms with van der Waals surface area (Å²) in [6, 6.07) is 0. The molecule has 7 heteroatoms. The van der Waals surface area contributed by atoms with Crippen LogP contribution in [0.2, 0.25) is 0 Å². The van der Waals surface area contributed by atoms with Crippen LogP contribution >= 0.6 is 0 Å². The van der Waals surface area contributed by atoms with Gasteiger partial charge in [-0.15, -0.1) is 0 Å². The van der Waals surface area contributed by atoms with Gasteiger partial charge in [0.25, 0.3) is 0 Å². The Labute approximate surface area is 88.8 Å². The van der Waals surface area contributed by atoms with E-state index in [1.807, 2.05) is 0 Å². The van der Waals surface area contributed by atoms with Gasteiger partial charge in [-0.3, -0.25) is 4.79 Å². The Morgan fingerprint density at radius 2 is 1.44 bits per heavy atom. The Morgan fingerprint density at radius 1 is 1.06 bits per heavy atom. The maximum Gasteiger partial charge on any atom is 0.407 e. The van der Waals surface area contributed by atoms with Crippen LogP contribution in [0.1, 0.15) is 26.7 Å². The van der Waals surface area contributed by atoms with Crippen LogP contribution in [0.4, 0.5) is 26.3 Å². The SMILES string of the molecule is CCC(C)CC(=O)C(C(F)(F)F)C(F)(F)F. The average Bonchev–Trinajstić information content (AvgIpc) is 1.97. The first-order chi connectivity index (χ1) is 7.00. The first kappa shape index (κ1) is 15.2. The van der Waals surface area contributed by atoms with Crippen LogP contribution in [0, 0.1) is 11.8 Å². The lowest BCUT2D eigenvalue weighted by Crippen LogP contribution is -2.42. The first-order valence-corrected chi connectivity index (χ1v) is 4.66. The number of carbonyl (C=O) groups is 1. The van der Waals surface area contributed by atoms with Gasteiger partial charge in [-0.2, -0.15) is 26.3 Å². The molecule has 0 radical (unpaired) electrons. The lowest BCUT2D eigenvalue weighted by Gasteiger charge is -2.22. The van der Waals surface area contributed by atoms with Crippen molar-refractivity contribution in [2.24, 2.45) is 11.8 Å². The zero-order chi connectivity index (χ0) is 13.1. The molecule has 0 saturated heterocycles. The lowest BCUT2D eigenvalue weighted by molar-refractivity contribution is -0.273. The average molecular weight is 250 g/mol. The van der Waals surface area contributed by atoms with E-state index in [-0.39, 0.29) is 0 Å². The van der Waals surface area contributed by atoms with Crippen LogP contribution in [-0.4, -0.2) is 18.1 Å². The zero-order valence-corrected chi connectivity index (χ0v) is 8.74. The summed E-state index contributed by atoms with van der Waals surface area (Å²) in [6.07, 6.45) is -11.5. The molecule has 0 spiro atoms. The third kappa shape index (κ3) is 4.40. The number of rotatable bonds is 4.